The third-order valence-electron chi connectivity index (χ3n) is 2.08. The fraction of sp³-hybridized carbons (Fsp3) is 0.727. The summed E-state index contributed by atoms with van der Waals surface area (Å²) in [7, 11) is 0. The van der Waals surface area contributed by atoms with Crippen molar-refractivity contribution in [1.29, 1.82) is 0 Å². The van der Waals surface area contributed by atoms with Gasteiger partial charge in [-0.25, -0.2) is 4.79 Å². The van der Waals surface area contributed by atoms with Crippen LogP contribution in [0.3, 0.4) is 0 Å². The van der Waals surface area contributed by atoms with Crippen molar-refractivity contribution in [2.75, 3.05) is 0 Å². The van der Waals surface area contributed by atoms with E-state index in [4.69, 9.17) is 5.11 Å². The third-order valence-corrected chi connectivity index (χ3v) is 2.08. The van der Waals surface area contributed by atoms with E-state index in [0.717, 1.165) is 6.42 Å². The predicted octanol–water partition coefficient (Wildman–Crippen LogP) is 2.29. The lowest BCUT2D eigenvalue weighted by molar-refractivity contribution is -0.140. The molecule has 0 radical (unpaired) electrons. The maximum atomic E-state index is 10.9. The smallest absolute Gasteiger partial charge is 0.311 e. The molecule has 0 rings (SSSR count). The average molecular weight is 198 g/mol. The summed E-state index contributed by atoms with van der Waals surface area (Å²) < 4.78 is 0. The largest absolute Gasteiger partial charge is 0.481 e. The molecule has 0 aromatic heterocycles. The summed E-state index contributed by atoms with van der Waals surface area (Å²) in [5.74, 6) is 0.493. The number of carbonyl (C=O) groups excluding carboxylic acids is 1. The van der Waals surface area contributed by atoms with Crippen LogP contribution in [0, 0.1) is 11.8 Å². The lowest BCUT2D eigenvalue weighted by atomic mass is 9.89. The summed E-state index contributed by atoms with van der Waals surface area (Å²) in [5, 5.41) is 8.95. The van der Waals surface area contributed by atoms with Crippen molar-refractivity contribution in [3.8, 4) is 0 Å². The molecule has 1 atom stereocenters. The van der Waals surface area contributed by atoms with Crippen LogP contribution < -0.4 is 0 Å². The van der Waals surface area contributed by atoms with Gasteiger partial charge in [-0.1, -0.05) is 27.2 Å². The Balaban J connectivity index is 4.62. The summed E-state index contributed by atoms with van der Waals surface area (Å²) in [6, 6.07) is 0. The zero-order valence-electron chi connectivity index (χ0n) is 9.04. The molecule has 0 aromatic carbocycles. The van der Waals surface area contributed by atoms with Crippen molar-refractivity contribution in [3.63, 3.8) is 0 Å². The van der Waals surface area contributed by atoms with Gasteiger partial charge in [-0.05, 0) is 18.8 Å². The Morgan fingerprint density at radius 2 is 2.00 bits per heavy atom. The molecule has 0 aliphatic carbocycles. The minimum atomic E-state index is -0.912. The van der Waals surface area contributed by atoms with Gasteiger partial charge in [-0.2, -0.15) is 0 Å². The summed E-state index contributed by atoms with van der Waals surface area (Å²) in [6.45, 7) is 5.82. The summed E-state index contributed by atoms with van der Waals surface area (Å²) in [5.41, 5.74) is 0.397. The van der Waals surface area contributed by atoms with Crippen LogP contribution in [0.5, 0.6) is 0 Å². The van der Waals surface area contributed by atoms with Gasteiger partial charge in [-0.15, -0.1) is 0 Å². The fourth-order valence-corrected chi connectivity index (χ4v) is 1.43. The molecule has 3 nitrogen and oxygen atoms in total. The van der Waals surface area contributed by atoms with Gasteiger partial charge in [0, 0.05) is 5.57 Å². The van der Waals surface area contributed by atoms with E-state index in [-0.39, 0.29) is 5.92 Å². The minimum Gasteiger partial charge on any atom is -0.481 e. The lowest BCUT2D eigenvalue weighted by Crippen LogP contribution is -2.19. The van der Waals surface area contributed by atoms with Crippen LogP contribution in [0.25, 0.3) is 0 Å². The Labute approximate surface area is 84.8 Å². The highest BCUT2D eigenvalue weighted by Gasteiger charge is 2.23. The molecular formula is C11H18O3. The number of aliphatic carboxylic acids is 1. The molecule has 80 valence electrons. The molecule has 0 bridgehead atoms. The Bertz CT molecular complexity index is 237. The Morgan fingerprint density at radius 3 is 2.29 bits per heavy atom. The number of carbonyl (C=O) groups is 1. The van der Waals surface area contributed by atoms with Crippen LogP contribution in [-0.4, -0.2) is 17.0 Å². The van der Waals surface area contributed by atoms with Gasteiger partial charge >= 0.3 is 5.97 Å². The topological polar surface area (TPSA) is 54.4 Å². The summed E-state index contributed by atoms with van der Waals surface area (Å²) in [4.78, 5) is 21.5. The van der Waals surface area contributed by atoms with Crippen molar-refractivity contribution in [2.45, 2.75) is 40.0 Å². The predicted molar refractivity (Wildman–Crippen MR) is 54.7 cm³/mol. The number of carboxylic acid groups (broad SMARTS) is 1. The molecule has 0 aliphatic rings. The molecule has 0 saturated carbocycles. The van der Waals surface area contributed by atoms with Crippen LogP contribution in [0.4, 0.5) is 0 Å². The minimum absolute atomic E-state index is 0.274. The molecule has 0 aromatic rings. The molecule has 0 spiro atoms. The maximum absolute atomic E-state index is 10.9. The second-order valence-electron chi connectivity index (χ2n) is 3.90. The van der Waals surface area contributed by atoms with Crippen LogP contribution in [0.1, 0.15) is 40.0 Å². The van der Waals surface area contributed by atoms with Gasteiger partial charge in [-0.3, -0.25) is 4.79 Å². The number of rotatable bonds is 6. The van der Waals surface area contributed by atoms with Gasteiger partial charge in [0.2, 0.25) is 0 Å². The van der Waals surface area contributed by atoms with E-state index in [0.29, 0.717) is 18.4 Å². The second kappa shape index (κ2) is 6.39. The third kappa shape index (κ3) is 4.24. The van der Waals surface area contributed by atoms with Gasteiger partial charge in [0.25, 0.3) is 0 Å². The zero-order chi connectivity index (χ0) is 11.1. The van der Waals surface area contributed by atoms with Crippen LogP contribution in [0.2, 0.25) is 0 Å². The van der Waals surface area contributed by atoms with Crippen molar-refractivity contribution in [2.24, 2.45) is 11.8 Å². The molecule has 0 amide bonds. The van der Waals surface area contributed by atoms with E-state index >= 15 is 0 Å². The van der Waals surface area contributed by atoms with Crippen molar-refractivity contribution < 1.29 is 14.7 Å². The molecule has 0 heterocycles. The summed E-state index contributed by atoms with van der Waals surface area (Å²) >= 11 is 0. The highest BCUT2D eigenvalue weighted by Crippen LogP contribution is 2.22. The molecular weight excluding hydrogens is 180 g/mol. The van der Waals surface area contributed by atoms with Crippen LogP contribution in [0.15, 0.2) is 5.57 Å². The fourth-order valence-electron chi connectivity index (χ4n) is 1.43. The highest BCUT2D eigenvalue weighted by molar-refractivity contribution is 5.77. The van der Waals surface area contributed by atoms with Crippen molar-refractivity contribution in [3.05, 3.63) is 5.57 Å². The highest BCUT2D eigenvalue weighted by atomic mass is 16.4. The SMILES string of the molecule is CCCC(=C=O)[C@@H](CC(C)C)C(=O)O. The van der Waals surface area contributed by atoms with E-state index in [1.54, 1.807) is 5.94 Å². The van der Waals surface area contributed by atoms with Gasteiger partial charge in [0.1, 0.15) is 5.94 Å². The van der Waals surface area contributed by atoms with E-state index in [1.807, 2.05) is 20.8 Å². The second-order valence-corrected chi connectivity index (χ2v) is 3.90. The molecule has 3 heteroatoms. The first-order chi connectivity index (χ1) is 6.52. The standard InChI is InChI=1S/C11H18O3/c1-4-5-9(7-12)10(11(13)14)6-8(2)3/h8,10H,4-6H2,1-3H3,(H,13,14)/t10-/m1/s1. The number of carboxylic acids is 1. The van der Waals surface area contributed by atoms with Crippen molar-refractivity contribution >= 4 is 11.9 Å². The maximum Gasteiger partial charge on any atom is 0.311 e. The average Bonchev–Trinajstić information content (AvgIpc) is 2.10. The number of hydrogen-bond donors (Lipinski definition) is 1. The first kappa shape index (κ1) is 12.9. The summed E-state index contributed by atoms with van der Waals surface area (Å²) in [6.07, 6.45) is 1.83. The molecule has 0 saturated heterocycles. The Hall–Kier alpha value is -1.08. The van der Waals surface area contributed by atoms with E-state index in [2.05, 4.69) is 0 Å². The Morgan fingerprint density at radius 1 is 1.43 bits per heavy atom. The molecule has 14 heavy (non-hydrogen) atoms. The van der Waals surface area contributed by atoms with E-state index < -0.39 is 11.9 Å². The quantitative estimate of drug-likeness (QED) is 0.666. The van der Waals surface area contributed by atoms with Crippen LogP contribution in [-0.2, 0) is 9.59 Å². The first-order valence-electron chi connectivity index (χ1n) is 4.99. The molecule has 0 fully saturated rings. The van der Waals surface area contributed by atoms with Crippen LogP contribution >= 0.6 is 0 Å². The molecule has 0 unspecified atom stereocenters. The molecule has 1 N–H and O–H groups in total. The Kier molecular flexibility index (Phi) is 5.89. The van der Waals surface area contributed by atoms with E-state index in [1.165, 1.54) is 0 Å². The van der Waals surface area contributed by atoms with Gasteiger partial charge in [0.05, 0.1) is 5.92 Å². The normalized spacial score (nSPS) is 12.3. The number of hydrogen-bond acceptors (Lipinski definition) is 2. The van der Waals surface area contributed by atoms with Crippen molar-refractivity contribution in [1.82, 2.24) is 0 Å². The lowest BCUT2D eigenvalue weighted by Gasteiger charge is -2.14. The first-order valence-corrected chi connectivity index (χ1v) is 4.99. The van der Waals surface area contributed by atoms with Gasteiger partial charge < -0.3 is 5.11 Å². The van der Waals surface area contributed by atoms with E-state index in [9.17, 15) is 9.59 Å². The molecule has 0 aliphatic heterocycles. The monoisotopic (exact) mass is 198 g/mol. The van der Waals surface area contributed by atoms with Gasteiger partial charge in [0.15, 0.2) is 0 Å². The zero-order valence-corrected chi connectivity index (χ0v) is 9.04.